The van der Waals surface area contributed by atoms with E-state index in [1.165, 1.54) is 11.8 Å². The van der Waals surface area contributed by atoms with E-state index >= 15 is 0 Å². The Kier molecular flexibility index (Phi) is 7.23. The monoisotopic (exact) mass is 465 g/mol. The lowest BCUT2D eigenvalue weighted by Gasteiger charge is -2.36. The van der Waals surface area contributed by atoms with Crippen molar-refractivity contribution in [1.82, 2.24) is 25.1 Å². The lowest BCUT2D eigenvalue weighted by Crippen LogP contribution is -2.48. The zero-order valence-corrected chi connectivity index (χ0v) is 19.6. The number of amides is 2. The molecule has 0 aliphatic carbocycles. The predicted molar refractivity (Wildman–Crippen MR) is 129 cm³/mol. The summed E-state index contributed by atoms with van der Waals surface area (Å²) in [4.78, 5) is 28.5. The number of para-hydroxylation sites is 1. The van der Waals surface area contributed by atoms with E-state index in [2.05, 4.69) is 25.7 Å². The Balaban J connectivity index is 1.29. The highest BCUT2D eigenvalue weighted by Gasteiger charge is 2.20. The molecule has 1 fully saturated rings. The van der Waals surface area contributed by atoms with Crippen LogP contribution in [-0.4, -0.2) is 68.9 Å². The molecular weight excluding hydrogens is 438 g/mol. The molecule has 33 heavy (non-hydrogen) atoms. The molecule has 0 bridgehead atoms. The number of nitrogens with zero attached hydrogens (tertiary/aromatic N) is 6. The normalized spacial score (nSPS) is 13.8. The summed E-state index contributed by atoms with van der Waals surface area (Å²) >= 11 is 1.29. The second-order valence-corrected chi connectivity index (χ2v) is 8.71. The van der Waals surface area contributed by atoms with Crippen molar-refractivity contribution in [1.29, 1.82) is 0 Å². The molecule has 1 aromatic heterocycles. The molecule has 2 heterocycles. The highest BCUT2D eigenvalue weighted by molar-refractivity contribution is 7.99. The van der Waals surface area contributed by atoms with Crippen LogP contribution in [0.15, 0.2) is 53.7 Å². The van der Waals surface area contributed by atoms with Crippen molar-refractivity contribution in [3.05, 3.63) is 54.1 Å². The molecule has 1 N–H and O–H groups in total. The van der Waals surface area contributed by atoms with Gasteiger partial charge in [0.15, 0.2) is 0 Å². The molecule has 10 heteroatoms. The first-order valence-corrected chi connectivity index (χ1v) is 11.9. The number of thioether (sulfide) groups is 1. The van der Waals surface area contributed by atoms with Crippen molar-refractivity contribution in [2.75, 3.05) is 42.1 Å². The van der Waals surface area contributed by atoms with E-state index < -0.39 is 0 Å². The van der Waals surface area contributed by atoms with Crippen LogP contribution in [0.4, 0.5) is 11.4 Å². The summed E-state index contributed by atoms with van der Waals surface area (Å²) in [5, 5.41) is 15.4. The Bertz CT molecular complexity index is 1110. The summed E-state index contributed by atoms with van der Waals surface area (Å²) in [5.41, 5.74) is 3.77. The van der Waals surface area contributed by atoms with E-state index in [9.17, 15) is 9.59 Å². The molecule has 4 rings (SSSR count). The van der Waals surface area contributed by atoms with Crippen molar-refractivity contribution in [3.8, 4) is 5.69 Å². The van der Waals surface area contributed by atoms with Crippen LogP contribution < -0.4 is 10.2 Å². The summed E-state index contributed by atoms with van der Waals surface area (Å²) in [6.07, 6.45) is 0.549. The molecule has 0 radical (unpaired) electrons. The lowest BCUT2D eigenvalue weighted by atomic mass is 10.2. The minimum absolute atomic E-state index is 0.126. The highest BCUT2D eigenvalue weighted by atomic mass is 32.2. The Morgan fingerprint density at radius 3 is 2.45 bits per heavy atom. The molecule has 1 aliphatic rings. The Morgan fingerprint density at radius 1 is 1.03 bits per heavy atom. The number of nitrogens with one attached hydrogen (secondary N) is 1. The van der Waals surface area contributed by atoms with Crippen LogP contribution in [0.3, 0.4) is 0 Å². The zero-order chi connectivity index (χ0) is 23.2. The number of carbonyl (C=O) groups excluding carboxylic acids is 2. The molecule has 1 aliphatic heterocycles. The number of aromatic nitrogens is 4. The molecule has 9 nitrogen and oxygen atoms in total. The van der Waals surface area contributed by atoms with E-state index in [4.69, 9.17) is 0 Å². The molecule has 3 aromatic rings. The fourth-order valence-electron chi connectivity index (χ4n) is 3.74. The Hall–Kier alpha value is -3.40. The summed E-state index contributed by atoms with van der Waals surface area (Å²) in [6, 6.07) is 15.6. The van der Waals surface area contributed by atoms with Crippen molar-refractivity contribution < 1.29 is 9.59 Å². The van der Waals surface area contributed by atoms with Gasteiger partial charge in [0.25, 0.3) is 0 Å². The third kappa shape index (κ3) is 5.51. The fraction of sp³-hybridized carbons (Fsp3) is 0.348. The molecule has 1 saturated heterocycles. The fourth-order valence-corrected chi connectivity index (χ4v) is 4.43. The van der Waals surface area contributed by atoms with Crippen LogP contribution in [0.25, 0.3) is 5.69 Å². The van der Waals surface area contributed by atoms with Gasteiger partial charge in [0.2, 0.25) is 17.0 Å². The summed E-state index contributed by atoms with van der Waals surface area (Å²) < 4.78 is 1.65. The van der Waals surface area contributed by atoms with E-state index in [0.29, 0.717) is 11.6 Å². The Morgan fingerprint density at radius 2 is 1.76 bits per heavy atom. The van der Waals surface area contributed by atoms with Crippen LogP contribution in [0.2, 0.25) is 0 Å². The lowest BCUT2D eigenvalue weighted by molar-refractivity contribution is -0.131. The van der Waals surface area contributed by atoms with E-state index in [1.807, 2.05) is 67.3 Å². The first kappa shape index (κ1) is 22.8. The number of anilines is 2. The van der Waals surface area contributed by atoms with Gasteiger partial charge in [0.05, 0.1) is 11.4 Å². The van der Waals surface area contributed by atoms with Crippen molar-refractivity contribution in [2.24, 2.45) is 0 Å². The summed E-state index contributed by atoms with van der Waals surface area (Å²) in [6.45, 7) is 6.99. The first-order valence-electron chi connectivity index (χ1n) is 10.9. The molecule has 2 amide bonds. The minimum Gasteiger partial charge on any atom is -0.368 e. The SMILES string of the molecule is CCC(=O)N1CCN(c2ccc(NC(=O)CSc3nnnn3-c3ccccc3C)cc2)CC1. The van der Waals surface area contributed by atoms with Gasteiger partial charge in [-0.05, 0) is 53.2 Å². The number of aryl methyl sites for hydroxylation is 1. The third-order valence-electron chi connectivity index (χ3n) is 5.57. The molecule has 0 unspecified atom stereocenters. The van der Waals surface area contributed by atoms with Gasteiger partial charge in [-0.2, -0.15) is 4.68 Å². The molecular formula is C23H27N7O2S. The quantitative estimate of drug-likeness (QED) is 0.536. The van der Waals surface area contributed by atoms with Gasteiger partial charge >= 0.3 is 0 Å². The topological polar surface area (TPSA) is 96.2 Å². The second kappa shape index (κ2) is 10.5. The maximum atomic E-state index is 12.5. The number of rotatable bonds is 7. The van der Waals surface area contributed by atoms with Gasteiger partial charge < -0.3 is 15.1 Å². The van der Waals surface area contributed by atoms with Crippen molar-refractivity contribution >= 4 is 35.0 Å². The van der Waals surface area contributed by atoms with Crippen LogP contribution in [-0.2, 0) is 9.59 Å². The second-order valence-electron chi connectivity index (χ2n) is 7.76. The smallest absolute Gasteiger partial charge is 0.234 e. The number of piperazine rings is 1. The number of benzene rings is 2. The molecule has 0 saturated carbocycles. The predicted octanol–water partition coefficient (Wildman–Crippen LogP) is 2.76. The Labute approximate surface area is 197 Å². The van der Waals surface area contributed by atoms with Gasteiger partial charge in [-0.1, -0.05) is 36.9 Å². The number of carbonyl (C=O) groups is 2. The van der Waals surface area contributed by atoms with Crippen molar-refractivity contribution in [3.63, 3.8) is 0 Å². The molecule has 2 aromatic carbocycles. The third-order valence-corrected chi connectivity index (χ3v) is 6.49. The van der Waals surface area contributed by atoms with Crippen LogP contribution in [0.1, 0.15) is 18.9 Å². The first-order chi connectivity index (χ1) is 16.0. The maximum Gasteiger partial charge on any atom is 0.234 e. The number of hydrogen-bond donors (Lipinski definition) is 1. The van der Waals surface area contributed by atoms with Crippen LogP contribution in [0.5, 0.6) is 0 Å². The average Bonchev–Trinajstić information content (AvgIpc) is 3.31. The maximum absolute atomic E-state index is 12.5. The zero-order valence-electron chi connectivity index (χ0n) is 18.8. The van der Waals surface area contributed by atoms with Gasteiger partial charge in [-0.25, -0.2) is 0 Å². The summed E-state index contributed by atoms with van der Waals surface area (Å²) in [5.74, 6) is 0.277. The number of hydrogen-bond acceptors (Lipinski definition) is 7. The summed E-state index contributed by atoms with van der Waals surface area (Å²) in [7, 11) is 0. The number of tetrazole rings is 1. The standard InChI is InChI=1S/C23H27N7O2S/c1-3-22(32)29-14-12-28(13-15-29)19-10-8-18(9-11-19)24-21(31)16-33-23-25-26-27-30(23)20-7-5-4-6-17(20)2/h4-11H,3,12-16H2,1-2H3,(H,24,31). The average molecular weight is 466 g/mol. The minimum atomic E-state index is -0.126. The van der Waals surface area contributed by atoms with E-state index in [0.717, 1.165) is 48.8 Å². The van der Waals surface area contributed by atoms with Crippen LogP contribution >= 0.6 is 11.8 Å². The van der Waals surface area contributed by atoms with Gasteiger partial charge in [-0.15, -0.1) is 5.10 Å². The van der Waals surface area contributed by atoms with Gasteiger partial charge in [0.1, 0.15) is 0 Å². The molecule has 0 atom stereocenters. The molecule has 172 valence electrons. The van der Waals surface area contributed by atoms with Crippen molar-refractivity contribution in [2.45, 2.75) is 25.4 Å². The van der Waals surface area contributed by atoms with Crippen LogP contribution in [0, 0.1) is 6.92 Å². The highest BCUT2D eigenvalue weighted by Crippen LogP contribution is 2.22. The van der Waals surface area contributed by atoms with Gasteiger partial charge in [0, 0.05) is 44.0 Å². The van der Waals surface area contributed by atoms with E-state index in [-0.39, 0.29) is 17.6 Å². The largest absolute Gasteiger partial charge is 0.368 e. The van der Waals surface area contributed by atoms with Gasteiger partial charge in [-0.3, -0.25) is 9.59 Å². The van der Waals surface area contributed by atoms with E-state index in [1.54, 1.807) is 4.68 Å². The molecule has 0 spiro atoms.